The van der Waals surface area contributed by atoms with E-state index < -0.39 is 18.0 Å². The second-order valence-electron chi connectivity index (χ2n) is 5.71. The van der Waals surface area contributed by atoms with Crippen molar-refractivity contribution >= 4 is 24.3 Å². The summed E-state index contributed by atoms with van der Waals surface area (Å²) < 4.78 is 15.0. The van der Waals surface area contributed by atoms with Gasteiger partial charge in [-0.15, -0.1) is 0 Å². The minimum absolute atomic E-state index is 0.0210. The molecule has 0 aliphatic carbocycles. The van der Waals surface area contributed by atoms with E-state index in [9.17, 15) is 19.2 Å². The summed E-state index contributed by atoms with van der Waals surface area (Å²) in [6.45, 7) is 1.73. The van der Waals surface area contributed by atoms with E-state index in [1.54, 1.807) is 19.1 Å². The fourth-order valence-corrected chi connectivity index (χ4v) is 2.24. The van der Waals surface area contributed by atoms with Crippen LogP contribution in [-0.4, -0.2) is 49.9 Å². The first-order valence-corrected chi connectivity index (χ1v) is 8.34. The molecule has 0 heterocycles. The first-order valence-electron chi connectivity index (χ1n) is 8.34. The number of amides is 1. The number of ether oxygens (including phenoxy) is 3. The lowest BCUT2D eigenvalue weighted by Gasteiger charge is -2.15. The molecule has 0 atom stereocenters. The van der Waals surface area contributed by atoms with Gasteiger partial charge in [-0.3, -0.25) is 9.59 Å². The van der Waals surface area contributed by atoms with Gasteiger partial charge in [0.2, 0.25) is 5.78 Å². The van der Waals surface area contributed by atoms with Crippen LogP contribution in [0.25, 0.3) is 0 Å². The quantitative estimate of drug-likeness (QED) is 0.325. The molecule has 0 aliphatic heterocycles. The highest BCUT2D eigenvalue weighted by Gasteiger charge is 2.24. The predicted octanol–water partition coefficient (Wildman–Crippen LogP) is 3.33. The van der Waals surface area contributed by atoms with E-state index in [4.69, 9.17) is 14.2 Å². The van der Waals surface area contributed by atoms with Crippen molar-refractivity contribution in [2.75, 3.05) is 20.7 Å². The van der Waals surface area contributed by atoms with Gasteiger partial charge in [0, 0.05) is 14.1 Å². The maximum atomic E-state index is 13.1. The summed E-state index contributed by atoms with van der Waals surface area (Å²) >= 11 is 0. The average Bonchev–Trinajstić information content (AvgIpc) is 2.68. The molecule has 0 fully saturated rings. The average molecular weight is 385 g/mol. The van der Waals surface area contributed by atoms with Crippen LogP contribution in [0.15, 0.2) is 42.5 Å². The summed E-state index contributed by atoms with van der Waals surface area (Å²) in [7, 11) is 2.94. The largest absolute Gasteiger partial charge is 0.513 e. The van der Waals surface area contributed by atoms with Crippen LogP contribution in [0, 0.1) is 0 Å². The van der Waals surface area contributed by atoms with E-state index in [0.717, 1.165) is 4.90 Å². The van der Waals surface area contributed by atoms with E-state index in [1.165, 1.54) is 44.4 Å². The van der Waals surface area contributed by atoms with Gasteiger partial charge in [0.05, 0.1) is 23.3 Å². The number of para-hydroxylation sites is 2. The fraction of sp³-hybridized carbons (Fsp3) is 0.200. The van der Waals surface area contributed by atoms with Crippen LogP contribution >= 0.6 is 0 Å². The van der Waals surface area contributed by atoms with E-state index in [0.29, 0.717) is 6.29 Å². The minimum Gasteiger partial charge on any atom is -0.434 e. The fourth-order valence-electron chi connectivity index (χ4n) is 2.24. The Morgan fingerprint density at radius 2 is 1.64 bits per heavy atom. The topological polar surface area (TPSA) is 99.2 Å². The van der Waals surface area contributed by atoms with Crippen molar-refractivity contribution in [1.29, 1.82) is 0 Å². The summed E-state index contributed by atoms with van der Waals surface area (Å²) in [5, 5.41) is 0. The Morgan fingerprint density at radius 3 is 2.29 bits per heavy atom. The van der Waals surface area contributed by atoms with Gasteiger partial charge in [0.1, 0.15) is 5.75 Å². The number of hydrogen-bond donors (Lipinski definition) is 0. The monoisotopic (exact) mass is 385 g/mol. The number of hydrogen-bond acceptors (Lipinski definition) is 7. The van der Waals surface area contributed by atoms with Crippen molar-refractivity contribution in [2.45, 2.75) is 6.92 Å². The molecular weight excluding hydrogens is 366 g/mol. The third-order valence-electron chi connectivity index (χ3n) is 3.56. The van der Waals surface area contributed by atoms with Gasteiger partial charge in [-0.05, 0) is 31.2 Å². The third-order valence-corrected chi connectivity index (χ3v) is 3.56. The Bertz CT molecular complexity index is 905. The van der Waals surface area contributed by atoms with Crippen LogP contribution in [0.4, 0.5) is 9.59 Å². The van der Waals surface area contributed by atoms with Crippen LogP contribution in [0.2, 0.25) is 0 Å². The van der Waals surface area contributed by atoms with Crippen molar-refractivity contribution in [3.8, 4) is 11.5 Å². The number of aldehydes is 1. The van der Waals surface area contributed by atoms with Gasteiger partial charge in [-0.25, -0.2) is 9.59 Å². The summed E-state index contributed by atoms with van der Waals surface area (Å²) in [6, 6.07) is 10.4. The standard InChI is InChI=1S/C20H19NO7/c1-4-26-20(25)27-16-11-6-5-9-14(16)17(23)15-10-7-8-13(12-22)18(15)28-19(24)21(2)3/h5-12H,4H2,1-3H3. The molecule has 2 aromatic rings. The molecule has 0 saturated carbocycles. The maximum absolute atomic E-state index is 13.1. The number of carbonyl (C=O) groups excluding carboxylic acids is 4. The summed E-state index contributed by atoms with van der Waals surface area (Å²) in [6.07, 6.45) is -1.22. The Labute approximate surface area is 161 Å². The first kappa shape index (κ1) is 20.6. The number of rotatable bonds is 6. The van der Waals surface area contributed by atoms with Gasteiger partial charge in [-0.1, -0.05) is 18.2 Å². The van der Waals surface area contributed by atoms with Crippen LogP contribution in [0.3, 0.4) is 0 Å². The minimum atomic E-state index is -0.955. The lowest BCUT2D eigenvalue weighted by atomic mass is 9.99. The SMILES string of the molecule is CCOC(=O)Oc1ccccc1C(=O)c1cccc(C=O)c1OC(=O)N(C)C. The number of benzene rings is 2. The zero-order valence-corrected chi connectivity index (χ0v) is 15.6. The summed E-state index contributed by atoms with van der Waals surface area (Å²) in [5.74, 6) is -0.787. The highest BCUT2D eigenvalue weighted by molar-refractivity contribution is 6.13. The van der Waals surface area contributed by atoms with E-state index in [-0.39, 0.29) is 34.8 Å². The zero-order valence-electron chi connectivity index (χ0n) is 15.6. The van der Waals surface area contributed by atoms with E-state index >= 15 is 0 Å². The summed E-state index contributed by atoms with van der Waals surface area (Å²) in [5.41, 5.74) is 0.0466. The molecule has 8 heteroatoms. The molecule has 8 nitrogen and oxygen atoms in total. The molecule has 0 unspecified atom stereocenters. The highest BCUT2D eigenvalue weighted by Crippen LogP contribution is 2.29. The van der Waals surface area contributed by atoms with Crippen molar-refractivity contribution in [1.82, 2.24) is 4.90 Å². The molecule has 1 amide bonds. The Balaban J connectivity index is 2.49. The highest BCUT2D eigenvalue weighted by atomic mass is 16.7. The van der Waals surface area contributed by atoms with Gasteiger partial charge in [-0.2, -0.15) is 0 Å². The summed E-state index contributed by atoms with van der Waals surface area (Å²) in [4.78, 5) is 49.2. The Morgan fingerprint density at radius 1 is 0.964 bits per heavy atom. The molecule has 0 aromatic heterocycles. The molecule has 146 valence electrons. The van der Waals surface area contributed by atoms with Crippen LogP contribution in [0.5, 0.6) is 11.5 Å². The molecule has 0 saturated heterocycles. The first-order chi connectivity index (χ1) is 13.4. The number of carbonyl (C=O) groups is 4. The second-order valence-corrected chi connectivity index (χ2v) is 5.71. The molecule has 0 N–H and O–H groups in total. The van der Waals surface area contributed by atoms with E-state index in [2.05, 4.69) is 0 Å². The van der Waals surface area contributed by atoms with E-state index in [1.807, 2.05) is 0 Å². The zero-order chi connectivity index (χ0) is 20.7. The molecule has 28 heavy (non-hydrogen) atoms. The van der Waals surface area contributed by atoms with Gasteiger partial charge in [0.15, 0.2) is 12.0 Å². The smallest absolute Gasteiger partial charge is 0.434 e. The molecule has 0 aliphatic rings. The molecular formula is C20H19NO7. The van der Waals surface area contributed by atoms with Crippen LogP contribution in [-0.2, 0) is 4.74 Å². The molecule has 2 aromatic carbocycles. The Hall–Kier alpha value is -3.68. The van der Waals surface area contributed by atoms with Crippen LogP contribution < -0.4 is 9.47 Å². The Kier molecular flexibility index (Phi) is 6.86. The number of ketones is 1. The molecule has 2 rings (SSSR count). The molecule has 0 radical (unpaired) electrons. The lowest BCUT2D eigenvalue weighted by molar-refractivity contribution is 0.1000. The van der Waals surface area contributed by atoms with Gasteiger partial charge in [0.25, 0.3) is 0 Å². The normalized spacial score (nSPS) is 9.96. The van der Waals surface area contributed by atoms with Crippen molar-refractivity contribution in [2.24, 2.45) is 0 Å². The van der Waals surface area contributed by atoms with Crippen molar-refractivity contribution < 1.29 is 33.4 Å². The predicted molar refractivity (Wildman–Crippen MR) is 99.1 cm³/mol. The third kappa shape index (κ3) is 4.73. The second kappa shape index (κ2) is 9.31. The van der Waals surface area contributed by atoms with Crippen molar-refractivity contribution in [3.63, 3.8) is 0 Å². The molecule has 0 bridgehead atoms. The maximum Gasteiger partial charge on any atom is 0.513 e. The van der Waals surface area contributed by atoms with Crippen LogP contribution in [0.1, 0.15) is 33.2 Å². The van der Waals surface area contributed by atoms with Gasteiger partial charge >= 0.3 is 12.2 Å². The van der Waals surface area contributed by atoms with Crippen molar-refractivity contribution in [3.05, 3.63) is 59.2 Å². The molecule has 0 spiro atoms. The number of nitrogens with zero attached hydrogens (tertiary/aromatic N) is 1. The lowest BCUT2D eigenvalue weighted by Crippen LogP contribution is -2.26. The van der Waals surface area contributed by atoms with Gasteiger partial charge < -0.3 is 19.1 Å².